The van der Waals surface area contributed by atoms with Crippen LogP contribution in [0.3, 0.4) is 0 Å². The van der Waals surface area contributed by atoms with Crippen LogP contribution < -0.4 is 0 Å². The van der Waals surface area contributed by atoms with Crippen LogP contribution in [0.5, 0.6) is 0 Å². The van der Waals surface area contributed by atoms with Crippen molar-refractivity contribution < 1.29 is 23.1 Å². The van der Waals surface area contributed by atoms with Crippen molar-refractivity contribution in [3.63, 3.8) is 0 Å². The molecule has 2 fully saturated rings. The largest absolute Gasteiger partial charge is 0.480 e. The number of aliphatic carboxylic acids is 1. The molecule has 3 unspecified atom stereocenters. The molecule has 0 bridgehead atoms. The van der Waals surface area contributed by atoms with Crippen molar-refractivity contribution in [2.24, 2.45) is 0 Å². The van der Waals surface area contributed by atoms with E-state index in [0.29, 0.717) is 39.3 Å². The molecule has 2 aliphatic heterocycles. The summed E-state index contributed by atoms with van der Waals surface area (Å²) >= 11 is 0. The van der Waals surface area contributed by atoms with Gasteiger partial charge >= 0.3 is 5.97 Å². The number of carboxylic acid groups (broad SMARTS) is 1. The predicted octanol–water partition coefficient (Wildman–Crippen LogP) is -0.569. The molecule has 9 heteroatoms. The van der Waals surface area contributed by atoms with E-state index in [1.165, 1.54) is 8.61 Å². The van der Waals surface area contributed by atoms with Gasteiger partial charge in [-0.15, -0.1) is 0 Å². The van der Waals surface area contributed by atoms with Crippen LogP contribution >= 0.6 is 0 Å². The van der Waals surface area contributed by atoms with Crippen LogP contribution in [0, 0.1) is 0 Å². The Morgan fingerprint density at radius 1 is 1.09 bits per heavy atom. The minimum absolute atomic E-state index is 0.119. The molecule has 3 atom stereocenters. The van der Waals surface area contributed by atoms with E-state index < -0.39 is 22.2 Å². The Morgan fingerprint density at radius 3 is 2.05 bits per heavy atom. The van der Waals surface area contributed by atoms with Crippen LogP contribution in [-0.2, 0) is 19.7 Å². The fraction of sp³-hybridized carbons (Fsp3) is 0.923. The maximum atomic E-state index is 12.7. The number of piperazine rings is 1. The van der Waals surface area contributed by atoms with Gasteiger partial charge in [-0.3, -0.25) is 9.69 Å². The van der Waals surface area contributed by atoms with Gasteiger partial charge in [0, 0.05) is 39.3 Å². The van der Waals surface area contributed by atoms with Crippen LogP contribution in [0.15, 0.2) is 0 Å². The van der Waals surface area contributed by atoms with Gasteiger partial charge in [0.05, 0.1) is 12.2 Å². The molecule has 8 nitrogen and oxygen atoms in total. The number of ether oxygens (including phenoxy) is 1. The SMILES string of the molecule is CC1CN(S(=O)(=O)N2CCN(C(C)C(=O)O)CC2)CC(C)O1. The molecule has 22 heavy (non-hydrogen) atoms. The minimum Gasteiger partial charge on any atom is -0.480 e. The van der Waals surface area contributed by atoms with Crippen molar-refractivity contribution in [2.75, 3.05) is 39.3 Å². The quantitative estimate of drug-likeness (QED) is 0.740. The van der Waals surface area contributed by atoms with Gasteiger partial charge in [0.15, 0.2) is 0 Å². The van der Waals surface area contributed by atoms with E-state index in [4.69, 9.17) is 9.84 Å². The Labute approximate surface area is 131 Å². The summed E-state index contributed by atoms with van der Waals surface area (Å²) in [7, 11) is -3.51. The second kappa shape index (κ2) is 6.79. The van der Waals surface area contributed by atoms with E-state index >= 15 is 0 Å². The molecule has 1 N–H and O–H groups in total. The number of morpholine rings is 1. The second-order valence-corrected chi connectivity index (χ2v) is 7.96. The van der Waals surface area contributed by atoms with Gasteiger partial charge in [-0.1, -0.05) is 0 Å². The van der Waals surface area contributed by atoms with Gasteiger partial charge in [0.25, 0.3) is 10.2 Å². The first-order chi connectivity index (χ1) is 10.2. The summed E-state index contributed by atoms with van der Waals surface area (Å²) in [4.78, 5) is 12.8. The minimum atomic E-state index is -3.51. The second-order valence-electron chi connectivity index (χ2n) is 6.03. The average Bonchev–Trinajstić information content (AvgIpc) is 2.45. The van der Waals surface area contributed by atoms with Gasteiger partial charge < -0.3 is 9.84 Å². The average molecular weight is 335 g/mol. The maximum Gasteiger partial charge on any atom is 0.320 e. The molecule has 2 aliphatic rings. The highest BCUT2D eigenvalue weighted by Crippen LogP contribution is 2.19. The Morgan fingerprint density at radius 2 is 1.59 bits per heavy atom. The van der Waals surface area contributed by atoms with E-state index in [9.17, 15) is 13.2 Å². The predicted molar refractivity (Wildman–Crippen MR) is 80.7 cm³/mol. The first kappa shape index (κ1) is 17.6. The first-order valence-electron chi connectivity index (χ1n) is 7.59. The molecule has 2 saturated heterocycles. The number of hydrogen-bond donors (Lipinski definition) is 1. The van der Waals surface area contributed by atoms with Crippen LogP contribution in [0.1, 0.15) is 20.8 Å². The van der Waals surface area contributed by atoms with Gasteiger partial charge in [-0.2, -0.15) is 17.0 Å². The first-order valence-corrected chi connectivity index (χ1v) is 8.99. The molecule has 0 amide bonds. The Kier molecular flexibility index (Phi) is 5.44. The normalized spacial score (nSPS) is 31.0. The monoisotopic (exact) mass is 335 g/mol. The lowest BCUT2D eigenvalue weighted by Gasteiger charge is -2.40. The van der Waals surface area contributed by atoms with Crippen molar-refractivity contribution in [3.8, 4) is 0 Å². The highest BCUT2D eigenvalue weighted by molar-refractivity contribution is 7.86. The fourth-order valence-corrected chi connectivity index (χ4v) is 4.71. The zero-order valence-electron chi connectivity index (χ0n) is 13.3. The number of carbonyl (C=O) groups is 1. The van der Waals surface area contributed by atoms with E-state index in [2.05, 4.69) is 0 Å². The third-order valence-corrected chi connectivity index (χ3v) is 6.19. The highest BCUT2D eigenvalue weighted by Gasteiger charge is 2.37. The number of carboxylic acids is 1. The summed E-state index contributed by atoms with van der Waals surface area (Å²) in [5, 5.41) is 9.03. The van der Waals surface area contributed by atoms with Crippen molar-refractivity contribution in [1.82, 2.24) is 13.5 Å². The Hall–Kier alpha value is -0.740. The standard InChI is InChI=1S/C13H25N3O5S/c1-10-8-16(9-11(2)21-10)22(19,20)15-6-4-14(5-7-15)12(3)13(17)18/h10-12H,4-9H2,1-3H3,(H,17,18). The number of nitrogens with zero attached hydrogens (tertiary/aromatic N) is 3. The molecule has 2 rings (SSSR count). The lowest BCUT2D eigenvalue weighted by atomic mass is 10.2. The topological polar surface area (TPSA) is 90.4 Å². The summed E-state index contributed by atoms with van der Waals surface area (Å²) in [6.07, 6.45) is -0.237. The third-order valence-electron chi connectivity index (χ3n) is 4.22. The van der Waals surface area contributed by atoms with E-state index in [0.717, 1.165) is 0 Å². The smallest absolute Gasteiger partial charge is 0.320 e. The van der Waals surface area contributed by atoms with E-state index in [1.807, 2.05) is 13.8 Å². The summed E-state index contributed by atoms with van der Waals surface area (Å²) in [5.74, 6) is -0.882. The van der Waals surface area contributed by atoms with Gasteiger partial charge in [0.2, 0.25) is 0 Å². The van der Waals surface area contributed by atoms with Gasteiger partial charge in [0.1, 0.15) is 6.04 Å². The third kappa shape index (κ3) is 3.77. The molecule has 0 aromatic heterocycles. The lowest BCUT2D eigenvalue weighted by Crippen LogP contribution is -2.58. The number of rotatable bonds is 4. The van der Waals surface area contributed by atoms with E-state index in [-0.39, 0.29) is 12.2 Å². The fourth-order valence-electron chi connectivity index (χ4n) is 2.96. The lowest BCUT2D eigenvalue weighted by molar-refractivity contribution is -0.143. The molecule has 2 heterocycles. The van der Waals surface area contributed by atoms with Crippen LogP contribution in [0.4, 0.5) is 0 Å². The molecule has 0 aliphatic carbocycles. The van der Waals surface area contributed by atoms with Crippen LogP contribution in [0.2, 0.25) is 0 Å². The maximum absolute atomic E-state index is 12.7. The van der Waals surface area contributed by atoms with Crippen molar-refractivity contribution in [1.29, 1.82) is 0 Å². The summed E-state index contributed by atoms with van der Waals surface area (Å²) in [6, 6.07) is -0.590. The summed E-state index contributed by atoms with van der Waals surface area (Å²) in [5.41, 5.74) is 0. The van der Waals surface area contributed by atoms with Crippen molar-refractivity contribution in [3.05, 3.63) is 0 Å². The molecular weight excluding hydrogens is 310 g/mol. The zero-order valence-corrected chi connectivity index (χ0v) is 14.1. The molecule has 128 valence electrons. The zero-order chi connectivity index (χ0) is 16.5. The van der Waals surface area contributed by atoms with Gasteiger partial charge in [-0.05, 0) is 20.8 Å². The van der Waals surface area contributed by atoms with E-state index in [1.54, 1.807) is 11.8 Å². The summed E-state index contributed by atoms with van der Waals surface area (Å²) < 4.78 is 33.9. The van der Waals surface area contributed by atoms with Gasteiger partial charge in [-0.25, -0.2) is 0 Å². The molecule has 0 aromatic carbocycles. The molecule has 0 spiro atoms. The molecule has 0 radical (unpaired) electrons. The van der Waals surface area contributed by atoms with Crippen molar-refractivity contribution >= 4 is 16.2 Å². The summed E-state index contributed by atoms with van der Waals surface area (Å²) in [6.45, 7) is 7.58. The van der Waals surface area contributed by atoms with Crippen molar-refractivity contribution in [2.45, 2.75) is 39.0 Å². The highest BCUT2D eigenvalue weighted by atomic mass is 32.2. The Bertz CT molecular complexity index is 494. The van der Waals surface area contributed by atoms with Crippen LogP contribution in [-0.4, -0.2) is 90.5 Å². The Balaban J connectivity index is 1.99. The van der Waals surface area contributed by atoms with Crippen LogP contribution in [0.25, 0.3) is 0 Å². The molecular formula is C13H25N3O5S. The molecule has 0 aromatic rings. The number of hydrogen-bond acceptors (Lipinski definition) is 5. The molecule has 0 saturated carbocycles.